The Labute approximate surface area is 113 Å². The summed E-state index contributed by atoms with van der Waals surface area (Å²) in [5.41, 5.74) is 2.38. The van der Waals surface area contributed by atoms with E-state index in [9.17, 15) is 8.42 Å². The van der Waals surface area contributed by atoms with Crippen LogP contribution in [-0.4, -0.2) is 13.0 Å². The van der Waals surface area contributed by atoms with Gasteiger partial charge in [-0.3, -0.25) is 4.55 Å². The van der Waals surface area contributed by atoms with Gasteiger partial charge in [0.15, 0.2) is 0 Å². The Bertz CT molecular complexity index is 616. The fourth-order valence-electron chi connectivity index (χ4n) is 1.97. The molecule has 0 atom stereocenters. The van der Waals surface area contributed by atoms with E-state index in [1.165, 1.54) is 17.7 Å². The maximum Gasteiger partial charge on any atom is 0.294 e. The van der Waals surface area contributed by atoms with Crippen LogP contribution in [0.5, 0.6) is 0 Å². The summed E-state index contributed by atoms with van der Waals surface area (Å²) in [4.78, 5) is -0.0562. The van der Waals surface area contributed by atoms with Gasteiger partial charge in [-0.05, 0) is 42.5 Å². The summed E-state index contributed by atoms with van der Waals surface area (Å²) in [7, 11) is -4.08. The first-order valence-corrected chi connectivity index (χ1v) is 7.60. The molecule has 2 aromatic carbocycles. The van der Waals surface area contributed by atoms with E-state index in [1.807, 2.05) is 18.2 Å². The van der Waals surface area contributed by atoms with Crippen molar-refractivity contribution in [2.75, 3.05) is 0 Å². The van der Waals surface area contributed by atoms with E-state index in [2.05, 4.69) is 12.1 Å². The number of rotatable bonds is 5. The molecule has 3 nitrogen and oxygen atoms in total. The van der Waals surface area contributed by atoms with Crippen LogP contribution in [0.15, 0.2) is 59.5 Å². The Morgan fingerprint density at radius 2 is 1.32 bits per heavy atom. The van der Waals surface area contributed by atoms with Gasteiger partial charge in [-0.25, -0.2) is 0 Å². The molecule has 2 aromatic rings. The lowest BCUT2D eigenvalue weighted by Gasteiger charge is -2.03. The molecule has 0 aliphatic carbocycles. The molecule has 0 unspecified atom stereocenters. The predicted octanol–water partition coefficient (Wildman–Crippen LogP) is 3.11. The zero-order chi connectivity index (χ0) is 13.7. The summed E-state index contributed by atoms with van der Waals surface area (Å²) in [6, 6.07) is 16.6. The Balaban J connectivity index is 1.90. The highest BCUT2D eigenvalue weighted by molar-refractivity contribution is 7.85. The van der Waals surface area contributed by atoms with Crippen molar-refractivity contribution < 1.29 is 13.0 Å². The zero-order valence-electron chi connectivity index (χ0n) is 10.5. The second-order valence-electron chi connectivity index (χ2n) is 4.46. The summed E-state index contributed by atoms with van der Waals surface area (Å²) in [6.45, 7) is 0. The first-order chi connectivity index (χ1) is 9.05. The average molecular weight is 276 g/mol. The molecule has 0 saturated carbocycles. The van der Waals surface area contributed by atoms with Gasteiger partial charge in [-0.1, -0.05) is 42.5 Å². The minimum Gasteiger partial charge on any atom is -0.282 e. The van der Waals surface area contributed by atoms with Gasteiger partial charge in [-0.15, -0.1) is 0 Å². The van der Waals surface area contributed by atoms with Crippen molar-refractivity contribution in [3.63, 3.8) is 0 Å². The van der Waals surface area contributed by atoms with E-state index in [0.29, 0.717) is 0 Å². The maximum atomic E-state index is 10.9. The second kappa shape index (κ2) is 5.99. The molecule has 0 aromatic heterocycles. The molecule has 0 aliphatic heterocycles. The van der Waals surface area contributed by atoms with Crippen molar-refractivity contribution in [1.82, 2.24) is 0 Å². The van der Waals surface area contributed by atoms with E-state index >= 15 is 0 Å². The number of benzene rings is 2. The van der Waals surface area contributed by atoms with Crippen molar-refractivity contribution >= 4 is 10.1 Å². The maximum absolute atomic E-state index is 10.9. The van der Waals surface area contributed by atoms with Crippen LogP contribution in [0.2, 0.25) is 0 Å². The summed E-state index contributed by atoms with van der Waals surface area (Å²) in [5.74, 6) is 0. The van der Waals surface area contributed by atoms with Crippen LogP contribution in [0.4, 0.5) is 0 Å². The highest BCUT2D eigenvalue weighted by atomic mass is 32.2. The van der Waals surface area contributed by atoms with Crippen LogP contribution >= 0.6 is 0 Å². The lowest BCUT2D eigenvalue weighted by atomic mass is 10.0. The Kier molecular flexibility index (Phi) is 4.35. The second-order valence-corrected chi connectivity index (χ2v) is 5.88. The SMILES string of the molecule is O=S(=O)(O)c1ccc(CCCc2ccccc2)cc1. The molecule has 100 valence electrons. The van der Waals surface area contributed by atoms with Gasteiger partial charge in [-0.2, -0.15) is 8.42 Å². The van der Waals surface area contributed by atoms with Gasteiger partial charge >= 0.3 is 0 Å². The smallest absolute Gasteiger partial charge is 0.282 e. The zero-order valence-corrected chi connectivity index (χ0v) is 11.3. The highest BCUT2D eigenvalue weighted by Crippen LogP contribution is 2.12. The molecule has 4 heteroatoms. The summed E-state index contributed by atoms with van der Waals surface area (Å²) in [6.07, 6.45) is 2.90. The predicted molar refractivity (Wildman–Crippen MR) is 74.7 cm³/mol. The summed E-state index contributed by atoms with van der Waals surface area (Å²) >= 11 is 0. The molecular weight excluding hydrogens is 260 g/mol. The van der Waals surface area contributed by atoms with E-state index in [1.54, 1.807) is 12.1 Å². The van der Waals surface area contributed by atoms with E-state index in [0.717, 1.165) is 24.8 Å². The van der Waals surface area contributed by atoms with E-state index < -0.39 is 10.1 Å². The minimum atomic E-state index is -4.08. The molecule has 0 heterocycles. The monoisotopic (exact) mass is 276 g/mol. The molecule has 0 aliphatic rings. The van der Waals surface area contributed by atoms with Crippen molar-refractivity contribution in [2.45, 2.75) is 24.2 Å². The lowest BCUT2D eigenvalue weighted by Crippen LogP contribution is -1.98. The Morgan fingerprint density at radius 3 is 1.84 bits per heavy atom. The number of hydrogen-bond donors (Lipinski definition) is 1. The van der Waals surface area contributed by atoms with Crippen LogP contribution in [0.25, 0.3) is 0 Å². The molecule has 1 N–H and O–H groups in total. The third kappa shape index (κ3) is 4.19. The van der Waals surface area contributed by atoms with Gasteiger partial charge < -0.3 is 0 Å². The van der Waals surface area contributed by atoms with Crippen LogP contribution in [0.3, 0.4) is 0 Å². The van der Waals surface area contributed by atoms with Crippen LogP contribution < -0.4 is 0 Å². The first kappa shape index (κ1) is 13.8. The normalized spacial score (nSPS) is 11.4. The largest absolute Gasteiger partial charge is 0.294 e. The number of aryl methyl sites for hydroxylation is 2. The van der Waals surface area contributed by atoms with Crippen molar-refractivity contribution in [2.24, 2.45) is 0 Å². The fourth-order valence-corrected chi connectivity index (χ4v) is 2.45. The van der Waals surface area contributed by atoms with Crippen molar-refractivity contribution in [1.29, 1.82) is 0 Å². The van der Waals surface area contributed by atoms with Gasteiger partial charge in [0, 0.05) is 0 Å². The quantitative estimate of drug-likeness (QED) is 0.854. The summed E-state index contributed by atoms with van der Waals surface area (Å²) < 4.78 is 30.7. The molecule has 0 saturated heterocycles. The molecule has 0 bridgehead atoms. The van der Waals surface area contributed by atoms with Crippen LogP contribution in [0, 0.1) is 0 Å². The van der Waals surface area contributed by atoms with Gasteiger partial charge in [0.05, 0.1) is 4.90 Å². The molecule has 0 fully saturated rings. The average Bonchev–Trinajstić information content (AvgIpc) is 2.39. The number of hydrogen-bond acceptors (Lipinski definition) is 2. The molecule has 2 rings (SSSR count). The molecule has 19 heavy (non-hydrogen) atoms. The third-order valence-corrected chi connectivity index (χ3v) is 3.86. The van der Waals surface area contributed by atoms with Crippen molar-refractivity contribution in [3.8, 4) is 0 Å². The van der Waals surface area contributed by atoms with Gasteiger partial charge in [0.2, 0.25) is 0 Å². The molecule has 0 spiro atoms. The van der Waals surface area contributed by atoms with E-state index in [-0.39, 0.29) is 4.90 Å². The van der Waals surface area contributed by atoms with Crippen LogP contribution in [-0.2, 0) is 23.0 Å². The minimum absolute atomic E-state index is 0.0562. The third-order valence-electron chi connectivity index (χ3n) is 2.99. The molecule has 0 radical (unpaired) electrons. The van der Waals surface area contributed by atoms with E-state index in [4.69, 9.17) is 4.55 Å². The fraction of sp³-hybridized carbons (Fsp3) is 0.200. The van der Waals surface area contributed by atoms with Crippen molar-refractivity contribution in [3.05, 3.63) is 65.7 Å². The first-order valence-electron chi connectivity index (χ1n) is 6.16. The molecular formula is C15H16O3S. The van der Waals surface area contributed by atoms with Gasteiger partial charge in [0.1, 0.15) is 0 Å². The Morgan fingerprint density at radius 1 is 0.789 bits per heavy atom. The van der Waals surface area contributed by atoms with Gasteiger partial charge in [0.25, 0.3) is 10.1 Å². The lowest BCUT2D eigenvalue weighted by molar-refractivity contribution is 0.483. The standard InChI is InChI=1S/C15H16O3S/c16-19(17,18)15-11-9-14(10-12-15)8-4-7-13-5-2-1-3-6-13/h1-3,5-6,9-12H,4,7-8H2,(H,16,17,18). The highest BCUT2D eigenvalue weighted by Gasteiger charge is 2.08. The summed E-state index contributed by atoms with van der Waals surface area (Å²) in [5, 5.41) is 0. The van der Waals surface area contributed by atoms with Crippen LogP contribution in [0.1, 0.15) is 17.5 Å². The Hall–Kier alpha value is -1.65. The molecule has 0 amide bonds. The topological polar surface area (TPSA) is 54.4 Å².